The zero-order chi connectivity index (χ0) is 49.0. The summed E-state index contributed by atoms with van der Waals surface area (Å²) in [5, 5.41) is 0. The van der Waals surface area contributed by atoms with Gasteiger partial charge in [0, 0.05) is 50.6 Å². The highest BCUT2D eigenvalue weighted by molar-refractivity contribution is 7.00. The molecule has 1 fully saturated rings. The maximum Gasteiger partial charge on any atom is 0.252 e. The van der Waals surface area contributed by atoms with E-state index in [1.54, 1.807) is 0 Å². The minimum Gasteiger partial charge on any atom is -0.335 e. The standard InChI is InChI=1S/C69H60BN3/c1-45-40-46(2)63-60(41-45)72(68(5)55-27-16-15-24-50(55)36-39-66(63,68)3)54-43-61-64-62(44-54)73-65-56(69(52-25-13-8-14-26-52)38-18-17-37-67(69,73)4)28-19-29-57(65)70(64)58-42-51(48-22-11-7-12-23-48)32-35-59(58)71(61)53-33-30-49(31-34-53)47-20-9-6-10-21-47/h6-16,19-35,40-44H,17-18,36-39H2,1-5H3. The van der Waals surface area contributed by atoms with E-state index >= 15 is 0 Å². The van der Waals surface area contributed by atoms with Crippen LogP contribution in [0.4, 0.5) is 39.8 Å². The molecule has 0 aromatic heterocycles. The van der Waals surface area contributed by atoms with Crippen molar-refractivity contribution in [3.05, 3.63) is 239 Å². The second kappa shape index (κ2) is 15.2. The third-order valence-electron chi connectivity index (χ3n) is 19.5. The van der Waals surface area contributed by atoms with Crippen LogP contribution in [0.2, 0.25) is 0 Å². The van der Waals surface area contributed by atoms with Crippen molar-refractivity contribution in [3.8, 4) is 22.3 Å². The fraction of sp³-hybridized carbons (Fsp3) is 0.217. The lowest BCUT2D eigenvalue weighted by Crippen LogP contribution is -2.65. The Morgan fingerprint density at radius 2 is 1.11 bits per heavy atom. The van der Waals surface area contributed by atoms with Crippen LogP contribution in [-0.2, 0) is 22.8 Å². The molecule has 2 aliphatic carbocycles. The van der Waals surface area contributed by atoms with Crippen LogP contribution in [0.15, 0.2) is 200 Å². The van der Waals surface area contributed by atoms with Crippen molar-refractivity contribution in [2.75, 3.05) is 14.7 Å². The maximum absolute atomic E-state index is 2.93. The average molecular weight is 942 g/mol. The average Bonchev–Trinajstić information content (AvgIpc) is 3.81. The molecule has 9 aromatic rings. The maximum atomic E-state index is 2.93. The number of aryl methyl sites for hydroxylation is 3. The van der Waals surface area contributed by atoms with E-state index in [1.807, 2.05) is 0 Å². The fourth-order valence-corrected chi connectivity index (χ4v) is 16.3. The Morgan fingerprint density at radius 3 is 1.88 bits per heavy atom. The van der Waals surface area contributed by atoms with Gasteiger partial charge in [-0.25, -0.2) is 0 Å². The normalized spacial score (nSPS) is 23.5. The second-order valence-corrected chi connectivity index (χ2v) is 22.9. The Bertz CT molecular complexity index is 3740. The summed E-state index contributed by atoms with van der Waals surface area (Å²) in [6.07, 6.45) is 6.79. The van der Waals surface area contributed by atoms with E-state index in [4.69, 9.17) is 0 Å². The highest BCUT2D eigenvalue weighted by atomic mass is 15.3. The van der Waals surface area contributed by atoms with Gasteiger partial charge in [0.2, 0.25) is 0 Å². The summed E-state index contributed by atoms with van der Waals surface area (Å²) in [7, 11) is 0. The Balaban J connectivity index is 1.07. The molecule has 0 saturated heterocycles. The predicted octanol–water partition coefficient (Wildman–Crippen LogP) is 15.3. The summed E-state index contributed by atoms with van der Waals surface area (Å²) in [4.78, 5) is 8.41. The van der Waals surface area contributed by atoms with E-state index < -0.39 is 0 Å². The number of para-hydroxylation sites is 1. The van der Waals surface area contributed by atoms with Gasteiger partial charge >= 0.3 is 0 Å². The number of hydrogen-bond donors (Lipinski definition) is 0. The van der Waals surface area contributed by atoms with E-state index in [1.165, 1.54) is 130 Å². The van der Waals surface area contributed by atoms with Gasteiger partial charge in [-0.15, -0.1) is 0 Å². The third-order valence-corrected chi connectivity index (χ3v) is 19.5. The zero-order valence-electron chi connectivity index (χ0n) is 42.7. The molecule has 4 atom stereocenters. The Morgan fingerprint density at radius 1 is 0.466 bits per heavy atom. The first-order chi connectivity index (χ1) is 35.6. The first-order valence-corrected chi connectivity index (χ1v) is 27.0. The first kappa shape index (κ1) is 43.1. The summed E-state index contributed by atoms with van der Waals surface area (Å²) in [6, 6.07) is 77.3. The Labute approximate surface area is 431 Å². The summed E-state index contributed by atoms with van der Waals surface area (Å²) < 4.78 is 0. The summed E-state index contributed by atoms with van der Waals surface area (Å²) in [5.74, 6) is 0. The van der Waals surface area contributed by atoms with Crippen LogP contribution in [-0.4, -0.2) is 12.3 Å². The van der Waals surface area contributed by atoms with Crippen LogP contribution < -0.4 is 31.1 Å². The number of benzene rings is 9. The van der Waals surface area contributed by atoms with E-state index in [9.17, 15) is 0 Å². The molecule has 0 bridgehead atoms. The molecular formula is C69H60BN3. The van der Waals surface area contributed by atoms with Gasteiger partial charge in [-0.05, 0) is 167 Å². The molecule has 9 aromatic carbocycles. The molecular weight excluding hydrogens is 882 g/mol. The van der Waals surface area contributed by atoms with Crippen molar-refractivity contribution in [1.29, 1.82) is 0 Å². The molecule has 3 nitrogen and oxygen atoms in total. The first-order valence-electron chi connectivity index (χ1n) is 27.0. The lowest BCUT2D eigenvalue weighted by molar-refractivity contribution is 0.215. The van der Waals surface area contributed by atoms with E-state index in [0.717, 1.165) is 25.7 Å². The molecule has 0 radical (unpaired) electrons. The monoisotopic (exact) mass is 941 g/mol. The molecule has 4 heterocycles. The lowest BCUT2D eigenvalue weighted by Gasteiger charge is -2.55. The van der Waals surface area contributed by atoms with Crippen molar-refractivity contribution in [2.24, 2.45) is 0 Å². The number of fused-ring (bicyclic) bond motifs is 12. The number of anilines is 7. The smallest absolute Gasteiger partial charge is 0.252 e. The van der Waals surface area contributed by atoms with Crippen molar-refractivity contribution in [2.45, 2.75) is 95.1 Å². The SMILES string of the molecule is Cc1cc(C)c2c(c1)N(c1cc3c4c(c1)N1c5c(cccc5C5(c6ccccc6)CCCCC15C)B4c1cc(-c4ccccc4)ccc1N3c1ccc(-c3ccccc3)cc1)C1(C)c3ccccc3CCC21C. The zero-order valence-corrected chi connectivity index (χ0v) is 42.7. The summed E-state index contributed by atoms with van der Waals surface area (Å²) in [5.41, 5.74) is 27.3. The molecule has 1 saturated carbocycles. The van der Waals surface area contributed by atoms with Crippen LogP contribution in [0.5, 0.6) is 0 Å². The Kier molecular flexibility index (Phi) is 8.99. The third kappa shape index (κ3) is 5.52. The van der Waals surface area contributed by atoms with Crippen LogP contribution in [0.1, 0.15) is 91.8 Å². The summed E-state index contributed by atoms with van der Waals surface area (Å²) in [6.45, 7) is 12.5. The van der Waals surface area contributed by atoms with Crippen molar-refractivity contribution < 1.29 is 0 Å². The summed E-state index contributed by atoms with van der Waals surface area (Å²) >= 11 is 0. The fourth-order valence-electron chi connectivity index (χ4n) is 16.3. The van der Waals surface area contributed by atoms with Gasteiger partial charge in [0.05, 0.1) is 11.1 Å². The second-order valence-electron chi connectivity index (χ2n) is 22.9. The largest absolute Gasteiger partial charge is 0.335 e. The van der Waals surface area contributed by atoms with Gasteiger partial charge in [-0.1, -0.05) is 184 Å². The van der Waals surface area contributed by atoms with Gasteiger partial charge in [0.25, 0.3) is 6.71 Å². The van der Waals surface area contributed by atoms with Crippen LogP contribution >= 0.6 is 0 Å². The highest BCUT2D eigenvalue weighted by Crippen LogP contribution is 2.67. The molecule has 73 heavy (non-hydrogen) atoms. The highest BCUT2D eigenvalue weighted by Gasteiger charge is 2.65. The van der Waals surface area contributed by atoms with Crippen molar-refractivity contribution >= 4 is 62.9 Å². The molecule has 0 N–H and O–H groups in total. The topological polar surface area (TPSA) is 9.72 Å². The van der Waals surface area contributed by atoms with Crippen molar-refractivity contribution in [1.82, 2.24) is 0 Å². The molecule has 0 spiro atoms. The minimum absolute atomic E-state index is 0.00643. The quantitative estimate of drug-likeness (QED) is 0.159. The van der Waals surface area contributed by atoms with Crippen LogP contribution in [0.3, 0.4) is 0 Å². The van der Waals surface area contributed by atoms with Gasteiger partial charge < -0.3 is 14.7 Å². The minimum atomic E-state index is -0.367. The predicted molar refractivity (Wildman–Crippen MR) is 307 cm³/mol. The molecule has 0 amide bonds. The van der Waals surface area contributed by atoms with Gasteiger partial charge in [-0.3, -0.25) is 0 Å². The molecule has 6 aliphatic rings. The van der Waals surface area contributed by atoms with Crippen LogP contribution in [0, 0.1) is 13.8 Å². The molecule has 354 valence electrons. The van der Waals surface area contributed by atoms with E-state index in [0.29, 0.717) is 0 Å². The van der Waals surface area contributed by atoms with Crippen LogP contribution in [0.25, 0.3) is 22.3 Å². The number of hydrogen-bond acceptors (Lipinski definition) is 3. The van der Waals surface area contributed by atoms with Crippen molar-refractivity contribution in [3.63, 3.8) is 0 Å². The van der Waals surface area contributed by atoms with E-state index in [-0.39, 0.29) is 28.6 Å². The molecule has 15 rings (SSSR count). The Hall–Kier alpha value is -7.56. The molecule has 4 heteroatoms. The molecule has 4 aliphatic heterocycles. The molecule has 4 unspecified atom stereocenters. The van der Waals surface area contributed by atoms with Gasteiger partial charge in [-0.2, -0.15) is 0 Å². The lowest BCUT2D eigenvalue weighted by atomic mass is 9.33. The number of rotatable bonds is 5. The van der Waals surface area contributed by atoms with E-state index in [2.05, 4.69) is 250 Å². The van der Waals surface area contributed by atoms with Gasteiger partial charge in [0.15, 0.2) is 0 Å². The number of nitrogens with zero attached hydrogens (tertiary/aromatic N) is 3. The van der Waals surface area contributed by atoms with Gasteiger partial charge in [0.1, 0.15) is 0 Å².